The number of ether oxygens (including phenoxy) is 1. The van der Waals surface area contributed by atoms with Crippen LogP contribution in [0.3, 0.4) is 0 Å². The molecule has 2 aliphatic rings. The monoisotopic (exact) mass is 475 g/mol. The topological polar surface area (TPSA) is 88.9 Å². The Morgan fingerprint density at radius 2 is 2.00 bits per heavy atom. The number of nitrogens with two attached hydrogens (primary N) is 1. The zero-order valence-electron chi connectivity index (χ0n) is 18.2. The first-order chi connectivity index (χ1) is 15.4. The summed E-state index contributed by atoms with van der Waals surface area (Å²) in [6, 6.07) is 7.74. The van der Waals surface area contributed by atoms with Crippen LogP contribution >= 0.6 is 23.2 Å². The van der Waals surface area contributed by atoms with Gasteiger partial charge in [0.05, 0.1) is 22.8 Å². The van der Waals surface area contributed by atoms with Crippen molar-refractivity contribution in [2.75, 3.05) is 24.6 Å². The van der Waals surface area contributed by atoms with E-state index in [2.05, 4.69) is 28.1 Å². The molecule has 3 aromatic rings. The lowest BCUT2D eigenvalue weighted by Crippen LogP contribution is -2.51. The molecule has 3 N–H and O–H groups in total. The molecule has 170 valence electrons. The molecule has 2 fully saturated rings. The molecule has 2 aliphatic heterocycles. The van der Waals surface area contributed by atoms with Gasteiger partial charge >= 0.3 is 0 Å². The van der Waals surface area contributed by atoms with Crippen LogP contribution in [0.5, 0.6) is 0 Å². The molecule has 0 bridgehead atoms. The van der Waals surface area contributed by atoms with Crippen molar-refractivity contribution in [1.82, 2.24) is 14.6 Å². The van der Waals surface area contributed by atoms with Crippen LogP contribution in [0.25, 0.3) is 16.8 Å². The predicted molar refractivity (Wildman–Crippen MR) is 126 cm³/mol. The van der Waals surface area contributed by atoms with Gasteiger partial charge in [0, 0.05) is 35.7 Å². The molecule has 7 nitrogen and oxygen atoms in total. The quantitative estimate of drug-likeness (QED) is 0.598. The van der Waals surface area contributed by atoms with Crippen molar-refractivity contribution >= 4 is 34.7 Å². The Morgan fingerprint density at radius 3 is 2.66 bits per heavy atom. The number of hydrogen-bond acceptors (Lipinski definition) is 6. The summed E-state index contributed by atoms with van der Waals surface area (Å²) in [4.78, 5) is 2.33. The normalized spacial score (nSPS) is 22.9. The third kappa shape index (κ3) is 3.30. The zero-order valence-corrected chi connectivity index (χ0v) is 19.7. The van der Waals surface area contributed by atoms with E-state index in [1.54, 1.807) is 6.07 Å². The number of aliphatic hydroxyl groups excluding tert-OH is 1. The van der Waals surface area contributed by atoms with Gasteiger partial charge in [0.2, 0.25) is 0 Å². The Bertz CT molecular complexity index is 1170. The van der Waals surface area contributed by atoms with Gasteiger partial charge in [-0.2, -0.15) is 0 Å². The first kappa shape index (κ1) is 21.9. The summed E-state index contributed by atoms with van der Waals surface area (Å²) in [7, 11) is 0. The molecule has 0 amide bonds. The highest BCUT2D eigenvalue weighted by Gasteiger charge is 2.47. The number of aryl methyl sites for hydroxylation is 1. The van der Waals surface area contributed by atoms with Gasteiger partial charge in [-0.1, -0.05) is 35.3 Å². The van der Waals surface area contributed by atoms with Crippen molar-refractivity contribution in [2.24, 2.45) is 11.1 Å². The fraction of sp³-hybridized carbons (Fsp3) is 0.478. The third-order valence-electron chi connectivity index (χ3n) is 7.21. The highest BCUT2D eigenvalue weighted by atomic mass is 35.5. The van der Waals surface area contributed by atoms with Crippen LogP contribution in [0.4, 0.5) is 5.82 Å². The fourth-order valence-electron chi connectivity index (χ4n) is 5.24. The molecule has 4 heterocycles. The van der Waals surface area contributed by atoms with E-state index >= 15 is 0 Å². The molecule has 0 unspecified atom stereocenters. The minimum Gasteiger partial charge on any atom is -0.388 e. The van der Waals surface area contributed by atoms with Gasteiger partial charge < -0.3 is 20.5 Å². The molecule has 32 heavy (non-hydrogen) atoms. The largest absolute Gasteiger partial charge is 0.388 e. The van der Waals surface area contributed by atoms with Gasteiger partial charge in [0.15, 0.2) is 11.5 Å². The smallest absolute Gasteiger partial charge is 0.170 e. The van der Waals surface area contributed by atoms with Gasteiger partial charge in [-0.25, -0.2) is 0 Å². The average molecular weight is 476 g/mol. The van der Waals surface area contributed by atoms with Crippen molar-refractivity contribution in [1.29, 1.82) is 0 Å². The summed E-state index contributed by atoms with van der Waals surface area (Å²) in [5.74, 6) is 1.45. The maximum absolute atomic E-state index is 9.99. The van der Waals surface area contributed by atoms with Gasteiger partial charge in [-0.3, -0.25) is 4.40 Å². The molecular weight excluding hydrogens is 449 g/mol. The van der Waals surface area contributed by atoms with E-state index in [-0.39, 0.29) is 24.2 Å². The molecule has 1 aromatic carbocycles. The molecule has 0 saturated carbocycles. The lowest BCUT2D eigenvalue weighted by atomic mass is 9.73. The van der Waals surface area contributed by atoms with E-state index in [0.29, 0.717) is 21.5 Å². The summed E-state index contributed by atoms with van der Waals surface area (Å²) in [5.41, 5.74) is 9.87. The number of rotatable bonds is 3. The Kier molecular flexibility index (Phi) is 5.58. The Morgan fingerprint density at radius 1 is 1.25 bits per heavy atom. The molecule has 0 radical (unpaired) electrons. The Labute approximate surface area is 197 Å². The predicted octanol–water partition coefficient (Wildman–Crippen LogP) is 3.84. The molecule has 2 atom stereocenters. The summed E-state index contributed by atoms with van der Waals surface area (Å²) in [6.07, 6.45) is 2.01. The number of halogens is 2. The van der Waals surface area contributed by atoms with Crippen LogP contribution in [0.15, 0.2) is 24.3 Å². The average Bonchev–Trinajstić information content (AvgIpc) is 3.33. The second-order valence-corrected chi connectivity index (χ2v) is 9.77. The molecule has 5 rings (SSSR count). The van der Waals surface area contributed by atoms with E-state index < -0.39 is 0 Å². The molecule has 0 aliphatic carbocycles. The van der Waals surface area contributed by atoms with Gasteiger partial charge in [0.25, 0.3) is 0 Å². The zero-order chi connectivity index (χ0) is 22.6. The fourth-order valence-corrected chi connectivity index (χ4v) is 5.64. The molecule has 2 aromatic heterocycles. The van der Waals surface area contributed by atoms with Gasteiger partial charge in [0.1, 0.15) is 12.4 Å². The minimum atomic E-state index is -0.214. The first-order valence-corrected chi connectivity index (χ1v) is 11.7. The highest BCUT2D eigenvalue weighted by molar-refractivity contribution is 6.43. The van der Waals surface area contributed by atoms with Crippen LogP contribution in [0.2, 0.25) is 10.0 Å². The van der Waals surface area contributed by atoms with Crippen LogP contribution in [0, 0.1) is 12.3 Å². The van der Waals surface area contributed by atoms with Crippen LogP contribution < -0.4 is 10.6 Å². The molecular formula is C23H27Cl2N5O2. The van der Waals surface area contributed by atoms with E-state index in [1.807, 2.05) is 23.5 Å². The first-order valence-electron chi connectivity index (χ1n) is 10.9. The second kappa shape index (κ2) is 8.15. The standard InChI is InChI=1S/C23H27Cl2N5O2/c1-13-10-18(29-8-6-23(7-9-29)12-32-14(2)21(23)26)30-17(11-31)27-28-22(30)19(13)15-4-3-5-16(24)20(15)25/h3-5,10,14,21,31H,6-9,11-12,26H2,1-2H3/t14-,21+/m0/s1. The van der Waals surface area contributed by atoms with Crippen LogP contribution in [-0.4, -0.2) is 51.5 Å². The SMILES string of the molecule is Cc1cc(N2CCC3(CC2)CO[C@@H](C)[C@H]3N)n2c(CO)nnc2c1-c1cccc(Cl)c1Cl. The summed E-state index contributed by atoms with van der Waals surface area (Å²) in [5, 5.41) is 19.6. The maximum Gasteiger partial charge on any atom is 0.170 e. The van der Waals surface area contributed by atoms with E-state index in [9.17, 15) is 5.11 Å². The van der Waals surface area contributed by atoms with Crippen molar-refractivity contribution in [3.05, 3.63) is 45.7 Å². The van der Waals surface area contributed by atoms with Crippen molar-refractivity contribution < 1.29 is 9.84 Å². The Balaban J connectivity index is 1.58. The highest BCUT2D eigenvalue weighted by Crippen LogP contribution is 2.43. The number of benzene rings is 1. The third-order valence-corrected chi connectivity index (χ3v) is 8.03. The summed E-state index contributed by atoms with van der Waals surface area (Å²) >= 11 is 12.8. The maximum atomic E-state index is 9.99. The number of nitrogens with zero attached hydrogens (tertiary/aromatic N) is 4. The lowest BCUT2D eigenvalue weighted by molar-refractivity contribution is 0.0974. The van der Waals surface area contributed by atoms with Crippen molar-refractivity contribution in [3.8, 4) is 11.1 Å². The summed E-state index contributed by atoms with van der Waals surface area (Å²) in [6.45, 7) is 6.30. The molecule has 9 heteroatoms. The van der Waals surface area contributed by atoms with Crippen LogP contribution in [-0.2, 0) is 11.3 Å². The number of aliphatic hydroxyl groups is 1. The number of piperidine rings is 1. The number of fused-ring (bicyclic) bond motifs is 1. The number of aromatic nitrogens is 3. The number of anilines is 1. The van der Waals surface area contributed by atoms with Crippen molar-refractivity contribution in [2.45, 2.75) is 45.4 Å². The van der Waals surface area contributed by atoms with E-state index in [1.165, 1.54) is 0 Å². The molecule has 1 spiro atoms. The van der Waals surface area contributed by atoms with E-state index in [0.717, 1.165) is 55.0 Å². The number of pyridine rings is 1. The summed E-state index contributed by atoms with van der Waals surface area (Å²) < 4.78 is 7.81. The Hall–Kier alpha value is -1.90. The number of hydrogen-bond donors (Lipinski definition) is 2. The van der Waals surface area contributed by atoms with Crippen molar-refractivity contribution in [3.63, 3.8) is 0 Å². The minimum absolute atomic E-state index is 0.0331. The van der Waals surface area contributed by atoms with Crippen LogP contribution in [0.1, 0.15) is 31.2 Å². The van der Waals surface area contributed by atoms with E-state index in [4.69, 9.17) is 33.7 Å². The van der Waals surface area contributed by atoms with Gasteiger partial charge in [-0.15, -0.1) is 10.2 Å². The lowest BCUT2D eigenvalue weighted by Gasteiger charge is -2.42. The van der Waals surface area contributed by atoms with Gasteiger partial charge in [-0.05, 0) is 44.4 Å². The molecule has 2 saturated heterocycles. The second-order valence-electron chi connectivity index (χ2n) is 8.99.